The number of amides is 2. The number of rotatable bonds is 2. The fourth-order valence-electron chi connectivity index (χ4n) is 1.92. The molecule has 0 radical (unpaired) electrons. The standard InChI is InChI=1S/C15H9FN2O2S/c16-11-5-1-2-6-12(11)18-14(19)13(21-15(18)20)8-10-4-3-7-17-9-10/h1-9H/b13-8-. The third kappa shape index (κ3) is 2.57. The van der Waals surface area contributed by atoms with Gasteiger partial charge < -0.3 is 0 Å². The van der Waals surface area contributed by atoms with Crippen LogP contribution in [-0.2, 0) is 4.79 Å². The molecule has 0 aliphatic carbocycles. The van der Waals surface area contributed by atoms with Crippen molar-refractivity contribution in [2.75, 3.05) is 4.90 Å². The number of aromatic nitrogens is 1. The minimum Gasteiger partial charge on any atom is -0.268 e. The van der Waals surface area contributed by atoms with Crippen molar-refractivity contribution in [1.82, 2.24) is 4.98 Å². The molecule has 1 aliphatic heterocycles. The summed E-state index contributed by atoms with van der Waals surface area (Å²) in [7, 11) is 0. The van der Waals surface area contributed by atoms with E-state index in [-0.39, 0.29) is 10.6 Å². The van der Waals surface area contributed by atoms with Crippen LogP contribution in [0, 0.1) is 5.82 Å². The highest BCUT2D eigenvalue weighted by Crippen LogP contribution is 2.36. The quantitative estimate of drug-likeness (QED) is 0.797. The normalized spacial score (nSPS) is 16.8. The Hall–Kier alpha value is -2.47. The van der Waals surface area contributed by atoms with E-state index in [0.717, 1.165) is 16.7 Å². The number of anilines is 1. The van der Waals surface area contributed by atoms with E-state index in [4.69, 9.17) is 0 Å². The predicted molar refractivity (Wildman–Crippen MR) is 79.1 cm³/mol. The minimum absolute atomic E-state index is 0.0328. The molecule has 0 atom stereocenters. The zero-order valence-corrected chi connectivity index (χ0v) is 11.5. The number of para-hydroxylation sites is 1. The van der Waals surface area contributed by atoms with E-state index >= 15 is 0 Å². The Morgan fingerprint density at radius 1 is 1.14 bits per heavy atom. The van der Waals surface area contributed by atoms with Crippen LogP contribution in [0.5, 0.6) is 0 Å². The van der Waals surface area contributed by atoms with E-state index in [1.165, 1.54) is 18.2 Å². The first-order valence-corrected chi connectivity index (χ1v) is 6.91. The van der Waals surface area contributed by atoms with Crippen molar-refractivity contribution >= 4 is 34.7 Å². The second-order valence-corrected chi connectivity index (χ2v) is 5.25. The van der Waals surface area contributed by atoms with Gasteiger partial charge in [-0.3, -0.25) is 14.6 Å². The number of thioether (sulfide) groups is 1. The maximum absolute atomic E-state index is 13.8. The summed E-state index contributed by atoms with van der Waals surface area (Å²) >= 11 is 0.784. The van der Waals surface area contributed by atoms with Crippen LogP contribution in [0.25, 0.3) is 6.08 Å². The Bertz CT molecular complexity index is 746. The van der Waals surface area contributed by atoms with Crippen LogP contribution in [0.4, 0.5) is 14.9 Å². The molecule has 21 heavy (non-hydrogen) atoms. The van der Waals surface area contributed by atoms with Crippen LogP contribution in [0.1, 0.15) is 5.56 Å². The fourth-order valence-corrected chi connectivity index (χ4v) is 2.76. The number of benzene rings is 1. The third-order valence-electron chi connectivity index (χ3n) is 2.87. The van der Waals surface area contributed by atoms with E-state index in [1.807, 2.05) is 0 Å². The monoisotopic (exact) mass is 300 g/mol. The molecule has 2 heterocycles. The predicted octanol–water partition coefficient (Wildman–Crippen LogP) is 3.46. The second-order valence-electron chi connectivity index (χ2n) is 4.25. The number of hydrogen-bond donors (Lipinski definition) is 0. The summed E-state index contributed by atoms with van der Waals surface area (Å²) in [6.07, 6.45) is 4.76. The number of hydrogen-bond acceptors (Lipinski definition) is 4. The lowest BCUT2D eigenvalue weighted by atomic mass is 10.2. The molecule has 1 fully saturated rings. The first kappa shape index (κ1) is 13.5. The average Bonchev–Trinajstić information content (AvgIpc) is 2.76. The summed E-state index contributed by atoms with van der Waals surface area (Å²) in [5.74, 6) is -1.14. The molecule has 1 aliphatic rings. The van der Waals surface area contributed by atoms with Crippen molar-refractivity contribution in [3.05, 3.63) is 65.1 Å². The molecule has 3 rings (SSSR count). The molecule has 1 saturated heterocycles. The highest BCUT2D eigenvalue weighted by Gasteiger charge is 2.37. The summed E-state index contributed by atoms with van der Waals surface area (Å²) in [5, 5.41) is -0.514. The Kier molecular flexibility index (Phi) is 3.53. The van der Waals surface area contributed by atoms with E-state index in [0.29, 0.717) is 5.56 Å². The van der Waals surface area contributed by atoms with Gasteiger partial charge in [0.1, 0.15) is 5.82 Å². The molecule has 0 N–H and O–H groups in total. The molecule has 0 saturated carbocycles. The van der Waals surface area contributed by atoms with Gasteiger partial charge in [-0.25, -0.2) is 9.29 Å². The molecule has 6 heteroatoms. The topological polar surface area (TPSA) is 50.3 Å². The summed E-state index contributed by atoms with van der Waals surface area (Å²) in [6.45, 7) is 0. The van der Waals surface area contributed by atoms with Crippen molar-refractivity contribution in [2.45, 2.75) is 0 Å². The minimum atomic E-state index is -0.609. The number of nitrogens with zero attached hydrogens (tertiary/aromatic N) is 2. The zero-order valence-electron chi connectivity index (χ0n) is 10.7. The number of pyridine rings is 1. The maximum atomic E-state index is 13.8. The molecular weight excluding hydrogens is 291 g/mol. The molecule has 1 aromatic carbocycles. The van der Waals surface area contributed by atoms with Gasteiger partial charge in [0.05, 0.1) is 10.6 Å². The lowest BCUT2D eigenvalue weighted by molar-refractivity contribution is -0.113. The highest BCUT2D eigenvalue weighted by molar-refractivity contribution is 8.19. The largest absolute Gasteiger partial charge is 0.298 e. The Balaban J connectivity index is 1.97. The van der Waals surface area contributed by atoms with E-state index in [9.17, 15) is 14.0 Å². The van der Waals surface area contributed by atoms with Crippen LogP contribution in [0.15, 0.2) is 53.7 Å². The van der Waals surface area contributed by atoms with Crippen molar-refractivity contribution in [3.63, 3.8) is 0 Å². The summed E-state index contributed by atoms with van der Waals surface area (Å²) < 4.78 is 13.8. The van der Waals surface area contributed by atoms with Gasteiger partial charge in [0, 0.05) is 12.4 Å². The van der Waals surface area contributed by atoms with E-state index < -0.39 is 17.0 Å². The molecule has 0 bridgehead atoms. The van der Waals surface area contributed by atoms with Crippen LogP contribution in [-0.4, -0.2) is 16.1 Å². The average molecular weight is 300 g/mol. The van der Waals surface area contributed by atoms with Crippen molar-refractivity contribution in [1.29, 1.82) is 0 Å². The summed E-state index contributed by atoms with van der Waals surface area (Å²) in [5.41, 5.74) is 0.672. The van der Waals surface area contributed by atoms with Gasteiger partial charge in [0.25, 0.3) is 11.1 Å². The van der Waals surface area contributed by atoms with Gasteiger partial charge >= 0.3 is 0 Å². The second kappa shape index (κ2) is 5.49. The lowest BCUT2D eigenvalue weighted by Gasteiger charge is -2.12. The van der Waals surface area contributed by atoms with Gasteiger partial charge in [-0.2, -0.15) is 0 Å². The van der Waals surface area contributed by atoms with Gasteiger partial charge in [-0.15, -0.1) is 0 Å². The Morgan fingerprint density at radius 2 is 1.95 bits per heavy atom. The third-order valence-corrected chi connectivity index (χ3v) is 3.74. The summed E-state index contributed by atoms with van der Waals surface area (Å²) in [6, 6.07) is 9.19. The van der Waals surface area contributed by atoms with Crippen molar-refractivity contribution in [3.8, 4) is 0 Å². The molecule has 104 valence electrons. The molecule has 2 amide bonds. The van der Waals surface area contributed by atoms with E-state index in [2.05, 4.69) is 4.98 Å². The molecule has 1 aromatic heterocycles. The van der Waals surface area contributed by atoms with Crippen LogP contribution < -0.4 is 4.90 Å². The van der Waals surface area contributed by atoms with E-state index in [1.54, 1.807) is 36.7 Å². The SMILES string of the molecule is O=C1S/C(=C\c2cccnc2)C(=O)N1c1ccccc1F. The molecular formula is C15H9FN2O2S. The number of halogens is 1. The van der Waals surface area contributed by atoms with Crippen molar-refractivity contribution < 1.29 is 14.0 Å². The number of imide groups is 1. The van der Waals surface area contributed by atoms with Gasteiger partial charge in [-0.05, 0) is 41.6 Å². The highest BCUT2D eigenvalue weighted by atomic mass is 32.2. The van der Waals surface area contributed by atoms with Crippen LogP contribution in [0.3, 0.4) is 0 Å². The smallest absolute Gasteiger partial charge is 0.268 e. The van der Waals surface area contributed by atoms with Gasteiger partial charge in [0.15, 0.2) is 0 Å². The molecule has 0 spiro atoms. The van der Waals surface area contributed by atoms with Gasteiger partial charge in [0.2, 0.25) is 0 Å². The Labute approximate surface area is 124 Å². The number of carbonyl (C=O) groups is 2. The first-order chi connectivity index (χ1) is 10.2. The zero-order chi connectivity index (χ0) is 14.8. The van der Waals surface area contributed by atoms with Gasteiger partial charge in [-0.1, -0.05) is 18.2 Å². The fraction of sp³-hybridized carbons (Fsp3) is 0. The van der Waals surface area contributed by atoms with Crippen LogP contribution in [0.2, 0.25) is 0 Å². The van der Waals surface area contributed by atoms with Crippen LogP contribution >= 0.6 is 11.8 Å². The summed E-state index contributed by atoms with van der Waals surface area (Å²) in [4.78, 5) is 29.3. The molecule has 2 aromatic rings. The first-order valence-electron chi connectivity index (χ1n) is 6.09. The van der Waals surface area contributed by atoms with Crippen molar-refractivity contribution in [2.24, 2.45) is 0 Å². The lowest BCUT2D eigenvalue weighted by Crippen LogP contribution is -2.28. The maximum Gasteiger partial charge on any atom is 0.298 e. The number of carbonyl (C=O) groups excluding carboxylic acids is 2. The molecule has 4 nitrogen and oxygen atoms in total. The Morgan fingerprint density at radius 3 is 2.67 bits per heavy atom. The molecule has 0 unspecified atom stereocenters.